The quantitative estimate of drug-likeness (QED) is 0.704. The number of rotatable bonds is 4. The minimum absolute atomic E-state index is 0.0404. The third-order valence-electron chi connectivity index (χ3n) is 2.26. The molecule has 4 N–H and O–H groups in total. The van der Waals surface area contributed by atoms with Crippen LogP contribution in [0.3, 0.4) is 0 Å². The van der Waals surface area contributed by atoms with Crippen molar-refractivity contribution >= 4 is 21.4 Å². The summed E-state index contributed by atoms with van der Waals surface area (Å²) >= 11 is 1.44. The van der Waals surface area contributed by atoms with E-state index in [0.29, 0.717) is 0 Å². The van der Waals surface area contributed by atoms with Gasteiger partial charge < -0.3 is 5.73 Å². The number of hydrogen-bond acceptors (Lipinski definition) is 5. The summed E-state index contributed by atoms with van der Waals surface area (Å²) in [6.45, 7) is 0.461. The summed E-state index contributed by atoms with van der Waals surface area (Å²) in [6, 6.07) is 3.24. The number of nitrogens with zero attached hydrogens (tertiary/aromatic N) is 1. The van der Waals surface area contributed by atoms with Gasteiger partial charge in [-0.25, -0.2) is 13.1 Å². The average molecular weight is 296 g/mol. The van der Waals surface area contributed by atoms with E-state index in [1.165, 1.54) is 23.6 Å². The summed E-state index contributed by atoms with van der Waals surface area (Å²) in [6.07, 6.45) is 1.39. The molecule has 0 aliphatic rings. The number of thiophene rings is 1. The highest BCUT2D eigenvalue weighted by Gasteiger charge is 2.15. The van der Waals surface area contributed by atoms with Gasteiger partial charge in [0.05, 0.1) is 12.7 Å². The van der Waals surface area contributed by atoms with Crippen molar-refractivity contribution in [3.8, 4) is 11.8 Å². The Morgan fingerprint density at radius 2 is 2.32 bits per heavy atom. The van der Waals surface area contributed by atoms with Crippen LogP contribution < -0.4 is 10.5 Å². The number of hydrogen-bond donors (Lipinski definition) is 3. The van der Waals surface area contributed by atoms with Crippen LogP contribution in [0.1, 0.15) is 10.4 Å². The van der Waals surface area contributed by atoms with Gasteiger partial charge >= 0.3 is 0 Å². The number of aromatic amines is 1. The van der Waals surface area contributed by atoms with E-state index < -0.39 is 10.0 Å². The van der Waals surface area contributed by atoms with Gasteiger partial charge in [0, 0.05) is 17.0 Å². The number of aromatic nitrogens is 2. The van der Waals surface area contributed by atoms with Crippen molar-refractivity contribution in [3.05, 3.63) is 34.2 Å². The summed E-state index contributed by atoms with van der Waals surface area (Å²) in [4.78, 5) is 0.851. The molecule has 0 amide bonds. The molecule has 2 aromatic heterocycles. The number of H-pyrrole nitrogens is 1. The van der Waals surface area contributed by atoms with Crippen LogP contribution in [0.2, 0.25) is 0 Å². The molecule has 0 bridgehead atoms. The zero-order valence-corrected chi connectivity index (χ0v) is 11.5. The third-order valence-corrected chi connectivity index (χ3v) is 4.51. The molecule has 2 rings (SSSR count). The SMILES string of the molecule is NCC#Cc1ccsc1CNS(=O)(=O)c1ccn[nH]1. The molecule has 0 aromatic carbocycles. The molecule has 6 nitrogen and oxygen atoms in total. The Kier molecular flexibility index (Phi) is 4.34. The Morgan fingerprint density at radius 3 is 3.00 bits per heavy atom. The highest BCUT2D eigenvalue weighted by atomic mass is 32.2. The van der Waals surface area contributed by atoms with Crippen LogP contribution in [0.15, 0.2) is 28.7 Å². The van der Waals surface area contributed by atoms with Crippen LogP contribution in [-0.2, 0) is 16.6 Å². The largest absolute Gasteiger partial charge is 0.320 e. The number of sulfonamides is 1. The predicted molar refractivity (Wildman–Crippen MR) is 72.9 cm³/mol. The number of nitrogens with one attached hydrogen (secondary N) is 2. The second-order valence-corrected chi connectivity index (χ2v) is 6.24. The molecule has 8 heteroatoms. The number of nitrogens with two attached hydrogens (primary N) is 1. The van der Waals surface area contributed by atoms with Gasteiger partial charge in [-0.2, -0.15) is 5.10 Å². The zero-order chi connectivity index (χ0) is 13.7. The van der Waals surface area contributed by atoms with Gasteiger partial charge in [-0.05, 0) is 17.5 Å². The molecule has 19 heavy (non-hydrogen) atoms. The van der Waals surface area contributed by atoms with Crippen LogP contribution >= 0.6 is 11.3 Å². The van der Waals surface area contributed by atoms with Gasteiger partial charge in [0.1, 0.15) is 0 Å². The molecule has 0 aliphatic carbocycles. The van der Waals surface area contributed by atoms with Crippen LogP contribution in [0.4, 0.5) is 0 Å². The normalized spacial score (nSPS) is 11.0. The van der Waals surface area contributed by atoms with Crippen molar-refractivity contribution in [2.75, 3.05) is 6.54 Å². The van der Waals surface area contributed by atoms with Crippen molar-refractivity contribution in [1.82, 2.24) is 14.9 Å². The molecular formula is C11H12N4O2S2. The minimum atomic E-state index is -3.56. The minimum Gasteiger partial charge on any atom is -0.320 e. The summed E-state index contributed by atoms with van der Waals surface area (Å²) in [5.74, 6) is 5.65. The summed E-state index contributed by atoms with van der Waals surface area (Å²) in [7, 11) is -3.56. The van der Waals surface area contributed by atoms with E-state index in [4.69, 9.17) is 5.73 Å². The molecule has 0 saturated heterocycles. The smallest absolute Gasteiger partial charge is 0.257 e. The second kappa shape index (κ2) is 5.99. The summed E-state index contributed by atoms with van der Waals surface area (Å²) < 4.78 is 26.3. The first-order valence-corrected chi connectivity index (χ1v) is 7.74. The molecule has 0 spiro atoms. The Balaban J connectivity index is 2.10. The first-order chi connectivity index (χ1) is 9.13. The van der Waals surface area contributed by atoms with Crippen LogP contribution in [0.5, 0.6) is 0 Å². The fraction of sp³-hybridized carbons (Fsp3) is 0.182. The van der Waals surface area contributed by atoms with E-state index in [2.05, 4.69) is 26.8 Å². The van der Waals surface area contributed by atoms with E-state index in [-0.39, 0.29) is 18.1 Å². The molecule has 100 valence electrons. The fourth-order valence-corrected chi connectivity index (χ4v) is 3.13. The van der Waals surface area contributed by atoms with Gasteiger partial charge in [0.25, 0.3) is 10.0 Å². The first kappa shape index (κ1) is 13.8. The van der Waals surface area contributed by atoms with Gasteiger partial charge in [-0.1, -0.05) is 11.8 Å². The lowest BCUT2D eigenvalue weighted by atomic mass is 10.2. The standard InChI is InChI=1S/C11H12N4O2S2/c12-5-1-2-9-4-7-18-10(9)8-14-19(16,17)11-3-6-13-15-11/h3-4,6-7,14H,5,8,12H2,(H,13,15). The summed E-state index contributed by atoms with van der Waals surface area (Å²) in [5.41, 5.74) is 6.10. The Morgan fingerprint density at radius 1 is 1.47 bits per heavy atom. The van der Waals surface area contributed by atoms with E-state index in [1.807, 2.05) is 11.4 Å². The van der Waals surface area contributed by atoms with E-state index >= 15 is 0 Å². The molecule has 0 atom stereocenters. The van der Waals surface area contributed by atoms with Crippen molar-refractivity contribution < 1.29 is 8.42 Å². The Labute approximate surface area is 115 Å². The molecule has 2 aromatic rings. The van der Waals surface area contributed by atoms with Crippen LogP contribution in [-0.4, -0.2) is 25.2 Å². The lowest BCUT2D eigenvalue weighted by molar-refractivity contribution is 0.577. The summed E-state index contributed by atoms with van der Waals surface area (Å²) in [5, 5.41) is 7.93. The maximum absolute atomic E-state index is 11.9. The van der Waals surface area contributed by atoms with E-state index in [0.717, 1.165) is 10.4 Å². The van der Waals surface area contributed by atoms with Crippen molar-refractivity contribution in [2.45, 2.75) is 11.6 Å². The molecular weight excluding hydrogens is 284 g/mol. The highest BCUT2D eigenvalue weighted by Crippen LogP contribution is 2.16. The molecule has 0 fully saturated rings. The van der Waals surface area contributed by atoms with Crippen molar-refractivity contribution in [3.63, 3.8) is 0 Å². The van der Waals surface area contributed by atoms with Gasteiger partial charge in [-0.15, -0.1) is 11.3 Å². The molecule has 0 saturated carbocycles. The third kappa shape index (κ3) is 3.42. The topological polar surface area (TPSA) is 101 Å². The van der Waals surface area contributed by atoms with Crippen LogP contribution in [0, 0.1) is 11.8 Å². The molecule has 0 radical (unpaired) electrons. The first-order valence-electron chi connectivity index (χ1n) is 5.38. The van der Waals surface area contributed by atoms with Gasteiger partial charge in [-0.3, -0.25) is 5.10 Å². The van der Waals surface area contributed by atoms with Crippen molar-refractivity contribution in [2.24, 2.45) is 5.73 Å². The van der Waals surface area contributed by atoms with E-state index in [9.17, 15) is 8.42 Å². The van der Waals surface area contributed by atoms with Gasteiger partial charge in [0.2, 0.25) is 0 Å². The lowest BCUT2D eigenvalue weighted by Gasteiger charge is -2.03. The lowest BCUT2D eigenvalue weighted by Crippen LogP contribution is -2.23. The molecule has 2 heterocycles. The predicted octanol–water partition coefficient (Wildman–Crippen LogP) is 0.260. The Hall–Kier alpha value is -1.66. The zero-order valence-electron chi connectivity index (χ0n) is 9.88. The monoisotopic (exact) mass is 296 g/mol. The molecule has 0 aliphatic heterocycles. The van der Waals surface area contributed by atoms with Crippen molar-refractivity contribution in [1.29, 1.82) is 0 Å². The van der Waals surface area contributed by atoms with E-state index in [1.54, 1.807) is 0 Å². The van der Waals surface area contributed by atoms with Gasteiger partial charge in [0.15, 0.2) is 5.03 Å². The molecule has 0 unspecified atom stereocenters. The van der Waals surface area contributed by atoms with Crippen LogP contribution in [0.25, 0.3) is 0 Å². The fourth-order valence-electron chi connectivity index (χ4n) is 1.37. The second-order valence-electron chi connectivity index (χ2n) is 3.51. The highest BCUT2D eigenvalue weighted by molar-refractivity contribution is 7.89. The maximum atomic E-state index is 11.9. The maximum Gasteiger partial charge on any atom is 0.257 e. The average Bonchev–Trinajstić information content (AvgIpc) is 3.05. The Bertz CT molecular complexity index is 693.